The maximum atomic E-state index is 11.6. The Hall–Kier alpha value is -1.70. The van der Waals surface area contributed by atoms with Gasteiger partial charge in [0.15, 0.2) is 4.98 Å². The molecule has 5 heteroatoms. The maximum Gasteiger partial charge on any atom is 0.388 e. The third kappa shape index (κ3) is 2.16. The van der Waals surface area contributed by atoms with Crippen molar-refractivity contribution in [2.24, 2.45) is 0 Å². The Morgan fingerprint density at radius 2 is 2.17 bits per heavy atom. The average Bonchev–Trinajstić information content (AvgIpc) is 2.03. The first-order valence-electron chi connectivity index (χ1n) is 3.12. The van der Waals surface area contributed by atoms with Gasteiger partial charge in [-0.15, -0.1) is 0 Å². The van der Waals surface area contributed by atoms with Crippen LogP contribution < -0.4 is 4.74 Å². The second kappa shape index (κ2) is 3.62. The van der Waals surface area contributed by atoms with Crippen molar-refractivity contribution in [3.05, 3.63) is 29.2 Å². The molecule has 0 aromatic heterocycles. The Balaban J connectivity index is 2.81. The number of hydrogen-bond donors (Lipinski definition) is 0. The van der Waals surface area contributed by atoms with Crippen molar-refractivity contribution in [1.82, 2.24) is 0 Å². The highest BCUT2D eigenvalue weighted by atomic mass is 19.3. The highest BCUT2D eigenvalue weighted by Gasteiger charge is 2.08. The number of benzene rings is 1. The molecule has 0 unspecified atom stereocenters. The number of nitrogens with zero attached hydrogens (tertiary/aromatic N) is 2. The van der Waals surface area contributed by atoms with Crippen LogP contribution in [0.15, 0.2) is 24.3 Å². The molecule has 1 rings (SSSR count). The molecule has 12 heavy (non-hydrogen) atoms. The zero-order valence-corrected chi connectivity index (χ0v) is 5.95. The summed E-state index contributed by atoms with van der Waals surface area (Å²) in [6.07, 6.45) is 0. The number of halogens is 2. The lowest BCUT2D eigenvalue weighted by atomic mass is 10.3. The second-order valence-corrected chi connectivity index (χ2v) is 1.98. The van der Waals surface area contributed by atoms with Gasteiger partial charge in [0.05, 0.1) is 6.07 Å². The van der Waals surface area contributed by atoms with E-state index in [9.17, 15) is 8.78 Å². The molecule has 1 aromatic carbocycles. The monoisotopic (exact) mass is 171 g/mol. The third-order valence-corrected chi connectivity index (χ3v) is 1.16. The summed E-state index contributed by atoms with van der Waals surface area (Å²) in [5, 5.41) is 8.28. The van der Waals surface area contributed by atoms with Crippen LogP contribution in [0.1, 0.15) is 0 Å². The number of diazo groups is 1. The molecular formula is C7H5F2N2O+. The largest absolute Gasteiger partial charge is 0.435 e. The quantitative estimate of drug-likeness (QED) is 0.641. The van der Waals surface area contributed by atoms with Crippen molar-refractivity contribution in [1.29, 1.82) is 5.39 Å². The van der Waals surface area contributed by atoms with Crippen molar-refractivity contribution in [2.45, 2.75) is 6.61 Å². The van der Waals surface area contributed by atoms with Gasteiger partial charge in [-0.25, -0.2) is 0 Å². The minimum absolute atomic E-state index is 0.0275. The van der Waals surface area contributed by atoms with Crippen LogP contribution >= 0.6 is 0 Å². The Labute approximate surface area is 67.2 Å². The summed E-state index contributed by atoms with van der Waals surface area (Å²) in [4.78, 5) is 2.81. The molecule has 0 bridgehead atoms. The average molecular weight is 171 g/mol. The topological polar surface area (TPSA) is 37.4 Å². The van der Waals surface area contributed by atoms with Gasteiger partial charge in [0.25, 0.3) is 0 Å². The normalized spacial score (nSPS) is 9.50. The molecule has 1 aromatic rings. The summed E-state index contributed by atoms with van der Waals surface area (Å²) < 4.78 is 27.3. The van der Waals surface area contributed by atoms with Crippen molar-refractivity contribution in [3.8, 4) is 5.75 Å². The summed E-state index contributed by atoms with van der Waals surface area (Å²) >= 11 is 0. The summed E-state index contributed by atoms with van der Waals surface area (Å²) in [6, 6.07) is 5.46. The van der Waals surface area contributed by atoms with E-state index in [0.29, 0.717) is 0 Å². The molecule has 0 N–H and O–H groups in total. The molecule has 3 nitrogen and oxygen atoms in total. The van der Waals surface area contributed by atoms with Crippen molar-refractivity contribution < 1.29 is 13.5 Å². The Morgan fingerprint density at radius 1 is 1.42 bits per heavy atom. The Bertz CT molecular complexity index is 309. The van der Waals surface area contributed by atoms with Gasteiger partial charge in [-0.2, -0.15) is 8.78 Å². The minimum Gasteiger partial charge on any atom is -0.435 e. The highest BCUT2D eigenvalue weighted by Crippen LogP contribution is 2.20. The first-order valence-corrected chi connectivity index (χ1v) is 3.12. The van der Waals surface area contributed by atoms with E-state index < -0.39 is 6.61 Å². The number of hydrogen-bond acceptors (Lipinski definition) is 2. The first-order chi connectivity index (χ1) is 5.72. The van der Waals surface area contributed by atoms with Gasteiger partial charge in [-0.3, -0.25) is 0 Å². The molecule has 0 spiro atoms. The van der Waals surface area contributed by atoms with E-state index in [-0.39, 0.29) is 11.4 Å². The smallest absolute Gasteiger partial charge is 0.388 e. The fraction of sp³-hybridized carbons (Fsp3) is 0.143. The van der Waals surface area contributed by atoms with Crippen LogP contribution in [0.25, 0.3) is 4.98 Å². The highest BCUT2D eigenvalue weighted by molar-refractivity contribution is 5.48. The van der Waals surface area contributed by atoms with Gasteiger partial charge in [0, 0.05) is 6.07 Å². The summed E-state index contributed by atoms with van der Waals surface area (Å²) in [5.74, 6) is -0.0275. The predicted molar refractivity (Wildman–Crippen MR) is 37.8 cm³/mol. The molecule has 0 saturated carbocycles. The minimum atomic E-state index is -2.86. The zero-order valence-electron chi connectivity index (χ0n) is 5.95. The lowest BCUT2D eigenvalue weighted by Crippen LogP contribution is -2.01. The zero-order chi connectivity index (χ0) is 8.97. The first kappa shape index (κ1) is 8.40. The van der Waals surface area contributed by atoms with Crippen LogP contribution in [0.5, 0.6) is 5.75 Å². The van der Waals surface area contributed by atoms with Crippen LogP contribution in [-0.2, 0) is 0 Å². The molecule has 0 heterocycles. The van der Waals surface area contributed by atoms with Crippen LogP contribution in [0.2, 0.25) is 0 Å². The summed E-state index contributed by atoms with van der Waals surface area (Å²) in [6.45, 7) is -2.86. The molecule has 0 aliphatic heterocycles. The number of alkyl halides is 2. The van der Waals surface area contributed by atoms with Gasteiger partial charge in [0.2, 0.25) is 5.39 Å². The van der Waals surface area contributed by atoms with E-state index in [1.807, 2.05) is 0 Å². The van der Waals surface area contributed by atoms with Crippen LogP contribution in [0, 0.1) is 5.39 Å². The van der Waals surface area contributed by atoms with Crippen molar-refractivity contribution in [3.63, 3.8) is 0 Å². The summed E-state index contributed by atoms with van der Waals surface area (Å²) in [5.41, 5.74) is 0.174. The maximum absolute atomic E-state index is 11.6. The van der Waals surface area contributed by atoms with E-state index >= 15 is 0 Å². The van der Waals surface area contributed by atoms with Crippen molar-refractivity contribution in [2.75, 3.05) is 0 Å². The molecule has 0 amide bonds. The van der Waals surface area contributed by atoms with E-state index in [1.54, 1.807) is 0 Å². The predicted octanol–water partition coefficient (Wildman–Crippen LogP) is 2.77. The molecule has 0 aliphatic rings. The molecule has 62 valence electrons. The van der Waals surface area contributed by atoms with E-state index in [0.717, 1.165) is 0 Å². The molecule has 0 atom stereocenters. The van der Waals surface area contributed by atoms with E-state index in [1.165, 1.54) is 24.3 Å². The Morgan fingerprint density at radius 3 is 2.75 bits per heavy atom. The van der Waals surface area contributed by atoms with E-state index in [2.05, 4.69) is 9.71 Å². The van der Waals surface area contributed by atoms with Gasteiger partial charge >= 0.3 is 12.3 Å². The standard InChI is InChI=1S/C7H5F2N2O/c8-7(9)12-6-3-1-2-5(4-6)11-10/h1-4,7H/q+1. The van der Waals surface area contributed by atoms with Gasteiger partial charge < -0.3 is 4.74 Å². The lowest BCUT2D eigenvalue weighted by molar-refractivity contribution is -0.0497. The lowest BCUT2D eigenvalue weighted by Gasteiger charge is -2.00. The molecule has 0 aliphatic carbocycles. The van der Waals surface area contributed by atoms with E-state index in [4.69, 9.17) is 5.39 Å². The third-order valence-electron chi connectivity index (χ3n) is 1.16. The molecular weight excluding hydrogens is 166 g/mol. The number of rotatable bonds is 2. The fourth-order valence-corrected chi connectivity index (χ4v) is 0.722. The van der Waals surface area contributed by atoms with Gasteiger partial charge in [-0.1, -0.05) is 6.07 Å². The van der Waals surface area contributed by atoms with Gasteiger partial charge in [-0.05, 0) is 6.07 Å². The second-order valence-electron chi connectivity index (χ2n) is 1.98. The molecule has 0 radical (unpaired) electrons. The SMILES string of the molecule is N#[N+]c1cccc(OC(F)F)c1. The van der Waals surface area contributed by atoms with Crippen LogP contribution in [0.3, 0.4) is 0 Å². The van der Waals surface area contributed by atoms with Gasteiger partial charge in [0.1, 0.15) is 5.75 Å². The van der Waals surface area contributed by atoms with Crippen LogP contribution in [-0.4, -0.2) is 6.61 Å². The summed E-state index contributed by atoms with van der Waals surface area (Å²) in [7, 11) is 0. The fourth-order valence-electron chi connectivity index (χ4n) is 0.722. The van der Waals surface area contributed by atoms with Crippen LogP contribution in [0.4, 0.5) is 14.5 Å². The molecule has 0 fully saturated rings. The molecule has 0 saturated heterocycles. The number of ether oxygens (including phenoxy) is 1. The van der Waals surface area contributed by atoms with Crippen molar-refractivity contribution >= 4 is 5.69 Å². The Kier molecular flexibility index (Phi) is 2.53.